The van der Waals surface area contributed by atoms with Gasteiger partial charge in [-0.2, -0.15) is 0 Å². The average Bonchev–Trinajstić information content (AvgIpc) is 2.90. The standard InChI is InChI=1S/C28H31Cl2N3O4S/c1-5-25(28(35)31-4)32(17-22-23(29)12-9-13-24(22)30)27(34)18-33(26-16-19(2)14-15-20(26)3)38(36,37)21-10-7-6-8-11-21/h6-16,25H,5,17-18H2,1-4H3,(H,31,35). The minimum atomic E-state index is -4.14. The van der Waals surface area contributed by atoms with E-state index in [0.717, 1.165) is 9.87 Å². The maximum Gasteiger partial charge on any atom is 0.264 e. The first kappa shape index (κ1) is 29.5. The lowest BCUT2D eigenvalue weighted by molar-refractivity contribution is -0.140. The molecule has 1 atom stereocenters. The molecule has 0 aliphatic carbocycles. The number of amides is 2. The number of sulfonamides is 1. The Hall–Kier alpha value is -3.07. The molecule has 1 N–H and O–H groups in total. The van der Waals surface area contributed by atoms with Crippen molar-refractivity contribution in [3.63, 3.8) is 0 Å². The van der Waals surface area contributed by atoms with Crippen molar-refractivity contribution < 1.29 is 18.0 Å². The van der Waals surface area contributed by atoms with Crippen molar-refractivity contribution >= 4 is 50.7 Å². The van der Waals surface area contributed by atoms with Crippen LogP contribution in [-0.2, 0) is 26.2 Å². The SMILES string of the molecule is CCC(C(=O)NC)N(Cc1c(Cl)cccc1Cl)C(=O)CN(c1cc(C)ccc1C)S(=O)(=O)c1ccccc1. The Labute approximate surface area is 234 Å². The highest BCUT2D eigenvalue weighted by Crippen LogP contribution is 2.30. The van der Waals surface area contributed by atoms with Crippen molar-refractivity contribution in [2.45, 2.75) is 44.7 Å². The van der Waals surface area contributed by atoms with Crippen molar-refractivity contribution in [2.24, 2.45) is 0 Å². The minimum absolute atomic E-state index is 0.0488. The molecule has 1 unspecified atom stereocenters. The third-order valence-electron chi connectivity index (χ3n) is 6.27. The Balaban J connectivity index is 2.13. The summed E-state index contributed by atoms with van der Waals surface area (Å²) < 4.78 is 28.9. The van der Waals surface area contributed by atoms with Gasteiger partial charge in [-0.05, 0) is 61.7 Å². The summed E-state index contributed by atoms with van der Waals surface area (Å²) in [5, 5.41) is 3.27. The molecule has 0 bridgehead atoms. The van der Waals surface area contributed by atoms with Gasteiger partial charge in [0, 0.05) is 29.2 Å². The number of halogens is 2. The van der Waals surface area contributed by atoms with Crippen LogP contribution in [0, 0.1) is 13.8 Å². The lowest BCUT2D eigenvalue weighted by Gasteiger charge is -2.33. The zero-order valence-electron chi connectivity index (χ0n) is 21.7. The Bertz CT molecular complexity index is 1390. The molecular formula is C28H31Cl2N3O4S. The number of hydrogen-bond acceptors (Lipinski definition) is 4. The molecule has 0 aliphatic rings. The van der Waals surface area contributed by atoms with Crippen LogP contribution in [0.25, 0.3) is 0 Å². The number of benzene rings is 3. The van der Waals surface area contributed by atoms with Gasteiger partial charge in [0.15, 0.2) is 0 Å². The largest absolute Gasteiger partial charge is 0.357 e. The maximum atomic E-state index is 14.0. The highest BCUT2D eigenvalue weighted by Gasteiger charge is 2.34. The predicted molar refractivity (Wildman–Crippen MR) is 152 cm³/mol. The van der Waals surface area contributed by atoms with Gasteiger partial charge in [0.25, 0.3) is 10.0 Å². The summed E-state index contributed by atoms with van der Waals surface area (Å²) in [6.07, 6.45) is 0.294. The van der Waals surface area contributed by atoms with Crippen LogP contribution >= 0.6 is 23.2 Å². The molecule has 0 radical (unpaired) electrons. The molecule has 2 amide bonds. The Kier molecular flexibility index (Phi) is 9.82. The van der Waals surface area contributed by atoms with E-state index in [4.69, 9.17) is 23.2 Å². The van der Waals surface area contributed by atoms with Gasteiger partial charge in [0.05, 0.1) is 10.6 Å². The van der Waals surface area contributed by atoms with E-state index >= 15 is 0 Å². The van der Waals surface area contributed by atoms with E-state index < -0.39 is 28.5 Å². The first-order valence-corrected chi connectivity index (χ1v) is 14.3. The van der Waals surface area contributed by atoms with Crippen molar-refractivity contribution in [2.75, 3.05) is 17.9 Å². The van der Waals surface area contributed by atoms with Gasteiger partial charge >= 0.3 is 0 Å². The zero-order valence-corrected chi connectivity index (χ0v) is 24.1. The minimum Gasteiger partial charge on any atom is -0.357 e. The fourth-order valence-electron chi connectivity index (χ4n) is 4.16. The quantitative estimate of drug-likeness (QED) is 0.352. The van der Waals surface area contributed by atoms with Crippen molar-refractivity contribution in [1.82, 2.24) is 10.2 Å². The molecule has 0 aromatic heterocycles. The molecule has 0 saturated carbocycles. The second kappa shape index (κ2) is 12.7. The van der Waals surface area contributed by atoms with E-state index in [1.54, 1.807) is 56.3 Å². The number of nitrogens with zero attached hydrogens (tertiary/aromatic N) is 2. The summed E-state index contributed by atoms with van der Waals surface area (Å²) in [6, 6.07) is 17.5. The average molecular weight is 577 g/mol. The molecule has 3 aromatic rings. The maximum absolute atomic E-state index is 14.0. The molecule has 3 aromatic carbocycles. The summed E-state index contributed by atoms with van der Waals surface area (Å²) in [4.78, 5) is 28.2. The van der Waals surface area contributed by atoms with Crippen molar-refractivity contribution in [3.8, 4) is 0 Å². The first-order chi connectivity index (χ1) is 18.0. The number of nitrogens with one attached hydrogen (secondary N) is 1. The number of anilines is 1. The Morgan fingerprint density at radius 2 is 1.58 bits per heavy atom. The first-order valence-electron chi connectivity index (χ1n) is 12.1. The molecule has 0 spiro atoms. The highest BCUT2D eigenvalue weighted by atomic mass is 35.5. The Morgan fingerprint density at radius 3 is 2.16 bits per heavy atom. The van der Waals surface area contributed by atoms with Crippen molar-refractivity contribution in [1.29, 1.82) is 0 Å². The second-order valence-corrected chi connectivity index (χ2v) is 11.6. The van der Waals surface area contributed by atoms with Gasteiger partial charge in [-0.25, -0.2) is 8.42 Å². The van der Waals surface area contributed by atoms with Gasteiger partial charge < -0.3 is 10.2 Å². The third-order valence-corrected chi connectivity index (χ3v) is 8.75. The summed E-state index contributed by atoms with van der Waals surface area (Å²) >= 11 is 12.8. The monoisotopic (exact) mass is 575 g/mol. The summed E-state index contributed by atoms with van der Waals surface area (Å²) in [5.41, 5.74) is 2.37. The van der Waals surface area contributed by atoms with Crippen LogP contribution in [0.3, 0.4) is 0 Å². The second-order valence-electron chi connectivity index (χ2n) is 8.87. The van der Waals surface area contributed by atoms with E-state index in [0.29, 0.717) is 33.3 Å². The summed E-state index contributed by atoms with van der Waals surface area (Å²) in [6.45, 7) is 4.81. The van der Waals surface area contributed by atoms with Gasteiger partial charge in [-0.15, -0.1) is 0 Å². The predicted octanol–water partition coefficient (Wildman–Crippen LogP) is 5.36. The smallest absolute Gasteiger partial charge is 0.264 e. The molecule has 0 aliphatic heterocycles. The van der Waals surface area contributed by atoms with Crippen LogP contribution in [0.4, 0.5) is 5.69 Å². The third kappa shape index (κ3) is 6.49. The molecule has 7 nitrogen and oxygen atoms in total. The number of aryl methyl sites for hydroxylation is 2. The van der Waals surface area contributed by atoms with Crippen LogP contribution in [0.15, 0.2) is 71.6 Å². The Morgan fingerprint density at radius 1 is 0.947 bits per heavy atom. The molecule has 3 rings (SSSR count). The fourth-order valence-corrected chi connectivity index (χ4v) is 6.17. The van der Waals surface area contributed by atoms with Crippen LogP contribution in [0.1, 0.15) is 30.0 Å². The van der Waals surface area contributed by atoms with Crippen molar-refractivity contribution in [3.05, 3.63) is 93.5 Å². The van der Waals surface area contributed by atoms with E-state index in [1.807, 2.05) is 19.1 Å². The van der Waals surface area contributed by atoms with Gasteiger partial charge in [-0.3, -0.25) is 13.9 Å². The molecule has 10 heteroatoms. The topological polar surface area (TPSA) is 86.8 Å². The number of carbonyl (C=O) groups is 2. The van der Waals surface area contributed by atoms with Gasteiger partial charge in [0.2, 0.25) is 11.8 Å². The molecule has 38 heavy (non-hydrogen) atoms. The molecule has 0 heterocycles. The normalized spacial score (nSPS) is 12.1. The van der Waals surface area contributed by atoms with Gasteiger partial charge in [-0.1, -0.05) is 66.5 Å². The van der Waals surface area contributed by atoms with Crippen LogP contribution < -0.4 is 9.62 Å². The summed E-state index contributed by atoms with van der Waals surface area (Å²) in [5.74, 6) is -0.954. The van der Waals surface area contributed by atoms with Crippen LogP contribution in [-0.4, -0.2) is 44.8 Å². The lowest BCUT2D eigenvalue weighted by atomic mass is 10.1. The van der Waals surface area contributed by atoms with E-state index in [-0.39, 0.29) is 17.3 Å². The molecule has 0 saturated heterocycles. The van der Waals surface area contributed by atoms with Gasteiger partial charge in [0.1, 0.15) is 12.6 Å². The molecular weight excluding hydrogens is 545 g/mol. The fraction of sp³-hybridized carbons (Fsp3) is 0.286. The van der Waals surface area contributed by atoms with Crippen LogP contribution in [0.5, 0.6) is 0 Å². The molecule has 202 valence electrons. The van der Waals surface area contributed by atoms with E-state index in [1.165, 1.54) is 24.1 Å². The lowest BCUT2D eigenvalue weighted by Crippen LogP contribution is -2.52. The number of rotatable bonds is 10. The number of carbonyl (C=O) groups excluding carboxylic acids is 2. The molecule has 0 fully saturated rings. The summed E-state index contributed by atoms with van der Waals surface area (Å²) in [7, 11) is -2.65. The highest BCUT2D eigenvalue weighted by molar-refractivity contribution is 7.92. The van der Waals surface area contributed by atoms with Crippen LogP contribution in [0.2, 0.25) is 10.0 Å². The number of likely N-dealkylation sites (N-methyl/N-ethyl adjacent to an activating group) is 1. The zero-order chi connectivity index (χ0) is 28.0. The number of hydrogen-bond donors (Lipinski definition) is 1. The van der Waals surface area contributed by atoms with E-state index in [9.17, 15) is 18.0 Å². The van der Waals surface area contributed by atoms with E-state index in [2.05, 4.69) is 5.32 Å².